The number of nitrogens with zero attached hydrogens (tertiary/aromatic N) is 1. The average Bonchev–Trinajstić information content (AvgIpc) is 3.37. The predicted molar refractivity (Wildman–Crippen MR) is 113 cm³/mol. The van der Waals surface area contributed by atoms with E-state index in [1.807, 2.05) is 23.1 Å². The number of carbonyl (C=O) groups is 3. The highest BCUT2D eigenvalue weighted by Gasteiger charge is 2.47. The van der Waals surface area contributed by atoms with E-state index in [0.29, 0.717) is 35.0 Å². The molecule has 2 aliphatic rings. The van der Waals surface area contributed by atoms with E-state index in [9.17, 15) is 14.4 Å². The fourth-order valence-electron chi connectivity index (χ4n) is 4.95. The number of ether oxygens (including phenoxy) is 1. The first-order valence-electron chi connectivity index (χ1n) is 10.8. The summed E-state index contributed by atoms with van der Waals surface area (Å²) in [6.07, 6.45) is 4.89. The first-order valence-corrected chi connectivity index (χ1v) is 10.8. The molecule has 1 aromatic carbocycles. The largest absolute Gasteiger partial charge is 0.465 e. The molecular weight excluding hydrogens is 396 g/mol. The van der Waals surface area contributed by atoms with E-state index in [1.54, 1.807) is 25.1 Å². The van der Waals surface area contributed by atoms with E-state index in [4.69, 9.17) is 9.15 Å². The zero-order valence-electron chi connectivity index (χ0n) is 17.9. The van der Waals surface area contributed by atoms with Crippen LogP contribution in [0.2, 0.25) is 0 Å². The quantitative estimate of drug-likeness (QED) is 0.743. The van der Waals surface area contributed by atoms with Gasteiger partial charge in [0.1, 0.15) is 23.1 Å². The molecule has 1 aromatic heterocycles. The maximum atomic E-state index is 13.3. The minimum atomic E-state index is -0.503. The number of likely N-dealkylation sites (tertiary alicyclic amines) is 1. The van der Waals surface area contributed by atoms with Crippen molar-refractivity contribution >= 4 is 17.8 Å². The van der Waals surface area contributed by atoms with Crippen molar-refractivity contribution < 1.29 is 23.5 Å². The number of hydrogen-bond donors (Lipinski definition) is 1. The number of rotatable bonds is 5. The van der Waals surface area contributed by atoms with E-state index in [2.05, 4.69) is 5.32 Å². The minimum Gasteiger partial charge on any atom is -0.465 e. The Morgan fingerprint density at radius 3 is 2.65 bits per heavy atom. The van der Waals surface area contributed by atoms with Gasteiger partial charge in [0.25, 0.3) is 5.91 Å². The van der Waals surface area contributed by atoms with Gasteiger partial charge in [-0.15, -0.1) is 0 Å². The lowest BCUT2D eigenvalue weighted by Crippen LogP contribution is -2.49. The van der Waals surface area contributed by atoms with E-state index < -0.39 is 12.0 Å². The van der Waals surface area contributed by atoms with Crippen LogP contribution in [0.1, 0.15) is 64.3 Å². The molecule has 3 atom stereocenters. The van der Waals surface area contributed by atoms with Gasteiger partial charge in [0.15, 0.2) is 0 Å². The molecule has 2 fully saturated rings. The van der Waals surface area contributed by atoms with Gasteiger partial charge in [-0.25, -0.2) is 4.79 Å². The van der Waals surface area contributed by atoms with Crippen molar-refractivity contribution in [3.8, 4) is 0 Å². The second-order valence-electron chi connectivity index (χ2n) is 8.33. The van der Waals surface area contributed by atoms with Gasteiger partial charge < -0.3 is 19.4 Å². The van der Waals surface area contributed by atoms with Crippen LogP contribution in [-0.4, -0.2) is 41.9 Å². The molecule has 31 heavy (non-hydrogen) atoms. The number of amides is 2. The zero-order chi connectivity index (χ0) is 22.0. The summed E-state index contributed by atoms with van der Waals surface area (Å²) in [6.45, 7) is 1.83. The molecule has 2 heterocycles. The number of benzene rings is 1. The maximum absolute atomic E-state index is 13.3. The van der Waals surface area contributed by atoms with Crippen molar-refractivity contribution in [2.24, 2.45) is 5.92 Å². The molecule has 0 spiro atoms. The SMILES string of the molecule is COC(=O)c1cc(CNC(=O)C2CC3CCCCC3N2C(=O)c2ccccc2)oc1C. The van der Waals surface area contributed by atoms with E-state index in [0.717, 1.165) is 25.7 Å². The molecule has 1 N–H and O–H groups in total. The van der Waals surface area contributed by atoms with E-state index in [1.165, 1.54) is 7.11 Å². The Bertz CT molecular complexity index is 968. The molecule has 1 saturated heterocycles. The number of methoxy groups -OCH3 is 1. The van der Waals surface area contributed by atoms with Gasteiger partial charge in [-0.3, -0.25) is 9.59 Å². The molecule has 2 aromatic rings. The van der Waals surface area contributed by atoms with Gasteiger partial charge in [0, 0.05) is 11.6 Å². The van der Waals surface area contributed by atoms with Crippen LogP contribution in [-0.2, 0) is 16.1 Å². The van der Waals surface area contributed by atoms with Crippen LogP contribution >= 0.6 is 0 Å². The summed E-state index contributed by atoms with van der Waals surface area (Å²) >= 11 is 0. The van der Waals surface area contributed by atoms with Crippen LogP contribution in [0.3, 0.4) is 0 Å². The fraction of sp³-hybridized carbons (Fsp3) is 0.458. The second-order valence-corrected chi connectivity index (χ2v) is 8.33. The number of esters is 1. The molecule has 0 bridgehead atoms. The summed E-state index contributed by atoms with van der Waals surface area (Å²) in [6, 6.07) is 10.3. The zero-order valence-corrected chi connectivity index (χ0v) is 17.9. The van der Waals surface area contributed by atoms with Gasteiger partial charge >= 0.3 is 5.97 Å². The molecule has 3 unspecified atom stereocenters. The van der Waals surface area contributed by atoms with Crippen LogP contribution in [0.25, 0.3) is 0 Å². The Kier molecular flexibility index (Phi) is 6.11. The topological polar surface area (TPSA) is 88.9 Å². The summed E-state index contributed by atoms with van der Waals surface area (Å²) in [5.74, 6) is 0.531. The summed E-state index contributed by atoms with van der Waals surface area (Å²) in [5.41, 5.74) is 0.954. The summed E-state index contributed by atoms with van der Waals surface area (Å²) in [7, 11) is 1.31. The van der Waals surface area contributed by atoms with Gasteiger partial charge in [-0.05, 0) is 50.3 Å². The van der Waals surface area contributed by atoms with Crippen LogP contribution < -0.4 is 5.32 Å². The Hall–Kier alpha value is -3.09. The van der Waals surface area contributed by atoms with Crippen LogP contribution in [0.5, 0.6) is 0 Å². The van der Waals surface area contributed by atoms with Crippen molar-refractivity contribution in [2.45, 2.75) is 57.7 Å². The predicted octanol–water partition coefficient (Wildman–Crippen LogP) is 3.46. The Labute approximate surface area is 181 Å². The fourth-order valence-corrected chi connectivity index (χ4v) is 4.95. The molecular formula is C24H28N2O5. The van der Waals surface area contributed by atoms with Gasteiger partial charge in [-0.1, -0.05) is 31.0 Å². The lowest BCUT2D eigenvalue weighted by atomic mass is 9.84. The Morgan fingerprint density at radius 2 is 1.90 bits per heavy atom. The molecule has 2 amide bonds. The highest BCUT2D eigenvalue weighted by Crippen LogP contribution is 2.40. The first-order chi connectivity index (χ1) is 15.0. The number of fused-ring (bicyclic) bond motifs is 1. The molecule has 7 heteroatoms. The molecule has 164 valence electrons. The smallest absolute Gasteiger partial charge is 0.341 e. The molecule has 1 saturated carbocycles. The van der Waals surface area contributed by atoms with E-state index >= 15 is 0 Å². The third-order valence-corrected chi connectivity index (χ3v) is 6.46. The molecule has 1 aliphatic heterocycles. The lowest BCUT2D eigenvalue weighted by molar-refractivity contribution is -0.125. The van der Waals surface area contributed by atoms with Gasteiger partial charge in [0.05, 0.1) is 13.7 Å². The average molecular weight is 424 g/mol. The number of aryl methyl sites for hydroxylation is 1. The third kappa shape index (κ3) is 4.22. The highest BCUT2D eigenvalue weighted by molar-refractivity contribution is 5.98. The monoisotopic (exact) mass is 424 g/mol. The van der Waals surface area contributed by atoms with E-state index in [-0.39, 0.29) is 24.4 Å². The standard InChI is InChI=1S/C24H28N2O5/c1-15-19(24(29)30-2)13-18(31-15)14-25-22(27)21-12-17-10-6-7-11-20(17)26(21)23(28)16-8-4-3-5-9-16/h3-5,8-9,13,17,20-21H,6-7,10-12,14H2,1-2H3,(H,25,27). The molecule has 1 aliphatic carbocycles. The number of carbonyl (C=O) groups excluding carboxylic acids is 3. The van der Waals surface area contributed by atoms with Gasteiger partial charge in [-0.2, -0.15) is 0 Å². The first kappa shape index (κ1) is 21.2. The maximum Gasteiger partial charge on any atom is 0.341 e. The van der Waals surface area contributed by atoms with Crippen LogP contribution in [0.15, 0.2) is 40.8 Å². The molecule has 0 radical (unpaired) electrons. The van der Waals surface area contributed by atoms with Crippen molar-refractivity contribution in [2.75, 3.05) is 7.11 Å². The third-order valence-electron chi connectivity index (χ3n) is 6.46. The van der Waals surface area contributed by atoms with Crippen molar-refractivity contribution in [3.05, 3.63) is 59.0 Å². The Morgan fingerprint density at radius 1 is 1.16 bits per heavy atom. The number of nitrogens with one attached hydrogen (secondary N) is 1. The number of furan rings is 1. The van der Waals surface area contributed by atoms with Crippen molar-refractivity contribution in [1.29, 1.82) is 0 Å². The molecule has 4 rings (SSSR count). The molecule has 7 nitrogen and oxygen atoms in total. The van der Waals surface area contributed by atoms with Crippen molar-refractivity contribution in [3.63, 3.8) is 0 Å². The lowest BCUT2D eigenvalue weighted by Gasteiger charge is -2.33. The number of hydrogen-bond acceptors (Lipinski definition) is 5. The van der Waals surface area contributed by atoms with Gasteiger partial charge in [0.2, 0.25) is 5.91 Å². The highest BCUT2D eigenvalue weighted by atomic mass is 16.5. The minimum absolute atomic E-state index is 0.0861. The Balaban J connectivity index is 1.50. The summed E-state index contributed by atoms with van der Waals surface area (Å²) in [5, 5.41) is 2.91. The summed E-state index contributed by atoms with van der Waals surface area (Å²) < 4.78 is 10.3. The van der Waals surface area contributed by atoms with Crippen LogP contribution in [0, 0.1) is 12.8 Å². The van der Waals surface area contributed by atoms with Crippen LogP contribution in [0.4, 0.5) is 0 Å². The second kappa shape index (κ2) is 8.96. The van der Waals surface area contributed by atoms with Crippen molar-refractivity contribution in [1.82, 2.24) is 10.2 Å². The normalized spacial score (nSPS) is 22.6. The summed E-state index contributed by atoms with van der Waals surface area (Å²) in [4.78, 5) is 40.1.